The van der Waals surface area contributed by atoms with Crippen molar-refractivity contribution in [3.63, 3.8) is 0 Å². The van der Waals surface area contributed by atoms with Gasteiger partial charge >= 0.3 is 5.97 Å². The van der Waals surface area contributed by atoms with Gasteiger partial charge in [-0.3, -0.25) is 4.79 Å². The molecule has 1 amide bonds. The van der Waals surface area contributed by atoms with E-state index in [0.29, 0.717) is 11.3 Å². The van der Waals surface area contributed by atoms with Crippen molar-refractivity contribution in [2.75, 3.05) is 5.06 Å². The summed E-state index contributed by atoms with van der Waals surface area (Å²) in [6.45, 7) is 10.8. The lowest BCUT2D eigenvalue weighted by Crippen LogP contribution is -2.49. The minimum absolute atomic E-state index is 0.00784. The Morgan fingerprint density at radius 2 is 1.44 bits per heavy atom. The Labute approximate surface area is 216 Å². The van der Waals surface area contributed by atoms with Crippen molar-refractivity contribution >= 4 is 26.6 Å². The van der Waals surface area contributed by atoms with Gasteiger partial charge in [0.15, 0.2) is 0 Å². The van der Waals surface area contributed by atoms with Gasteiger partial charge in [0.05, 0.1) is 11.3 Å². The van der Waals surface area contributed by atoms with Crippen LogP contribution in [0.5, 0.6) is 0 Å². The molecule has 191 valence electrons. The minimum Gasteiger partial charge on any atom is -0.478 e. The molecule has 36 heavy (non-hydrogen) atoms. The molecule has 1 N–H and O–H groups in total. The fourth-order valence-corrected chi connectivity index (χ4v) is 8.01. The molecule has 2 aromatic rings. The molecular formula is C30H38NO4Si. The lowest BCUT2D eigenvalue weighted by atomic mass is 9.47. The van der Waals surface area contributed by atoms with Gasteiger partial charge in [-0.1, -0.05) is 26.8 Å². The number of hydroxylamine groups is 1. The van der Waals surface area contributed by atoms with Crippen LogP contribution in [0.4, 0.5) is 5.69 Å². The molecule has 4 bridgehead atoms. The second-order valence-electron chi connectivity index (χ2n) is 12.7. The van der Waals surface area contributed by atoms with Crippen LogP contribution >= 0.6 is 0 Å². The number of amides is 1. The number of carboxylic acids is 1. The van der Waals surface area contributed by atoms with Gasteiger partial charge in [0.1, 0.15) is 0 Å². The van der Waals surface area contributed by atoms with Crippen LogP contribution in [0, 0.1) is 17.8 Å². The standard InChI is InChI=1S/C30H38NO4Si/c1-29(2,3)25-11-8-23(15-26(25)30-16-19-12-20(17-30)14-21(13-19)18-30)27(32)31(35-36(4)5)24-9-6-22(7-10-24)28(33)34/h6-11,15,19-21H,12-14,16-18H2,1-5H3,(H,33,34). The van der Waals surface area contributed by atoms with Crippen molar-refractivity contribution in [1.82, 2.24) is 0 Å². The van der Waals surface area contributed by atoms with Crippen molar-refractivity contribution in [1.29, 1.82) is 0 Å². The van der Waals surface area contributed by atoms with E-state index in [0.717, 1.165) is 17.8 Å². The summed E-state index contributed by atoms with van der Waals surface area (Å²) in [5.41, 5.74) is 4.27. The summed E-state index contributed by atoms with van der Waals surface area (Å²) in [5, 5.41) is 10.6. The smallest absolute Gasteiger partial charge is 0.335 e. The number of anilines is 1. The maximum Gasteiger partial charge on any atom is 0.335 e. The highest BCUT2D eigenvalue weighted by Gasteiger charge is 2.52. The molecule has 0 aromatic heterocycles. The lowest BCUT2D eigenvalue weighted by molar-refractivity contribution is -0.00595. The Morgan fingerprint density at radius 3 is 1.92 bits per heavy atom. The summed E-state index contributed by atoms with van der Waals surface area (Å²) in [5.74, 6) is 1.27. The fraction of sp³-hybridized carbons (Fsp3) is 0.533. The van der Waals surface area contributed by atoms with E-state index in [1.165, 1.54) is 66.8 Å². The van der Waals surface area contributed by atoms with Crippen molar-refractivity contribution in [3.8, 4) is 0 Å². The average Bonchev–Trinajstić information content (AvgIpc) is 2.80. The number of hydrogen-bond acceptors (Lipinski definition) is 3. The third-order valence-corrected chi connectivity index (χ3v) is 9.04. The number of carboxylic acid groups (broad SMARTS) is 1. The van der Waals surface area contributed by atoms with Crippen molar-refractivity contribution in [2.45, 2.75) is 83.2 Å². The molecule has 0 aliphatic heterocycles. The van der Waals surface area contributed by atoms with E-state index in [4.69, 9.17) is 4.53 Å². The number of carbonyl (C=O) groups excluding carboxylic acids is 1. The molecule has 4 aliphatic rings. The number of hydrogen-bond donors (Lipinski definition) is 1. The van der Waals surface area contributed by atoms with Crippen molar-refractivity contribution in [2.24, 2.45) is 17.8 Å². The first kappa shape index (κ1) is 25.2. The van der Waals surface area contributed by atoms with Crippen LogP contribution in [0.1, 0.15) is 91.1 Å². The summed E-state index contributed by atoms with van der Waals surface area (Å²) < 4.78 is 6.08. The molecule has 4 aliphatic carbocycles. The molecule has 0 spiro atoms. The largest absolute Gasteiger partial charge is 0.478 e. The summed E-state index contributed by atoms with van der Waals surface area (Å²) in [6.07, 6.45) is 7.88. The topological polar surface area (TPSA) is 66.8 Å². The Bertz CT molecular complexity index is 1130. The summed E-state index contributed by atoms with van der Waals surface area (Å²) in [7, 11) is -1.25. The van der Waals surface area contributed by atoms with Gasteiger partial charge in [0.2, 0.25) is 9.04 Å². The highest BCUT2D eigenvalue weighted by Crippen LogP contribution is 2.61. The molecule has 4 saturated carbocycles. The van der Waals surface area contributed by atoms with Crippen LogP contribution in [0.15, 0.2) is 42.5 Å². The van der Waals surface area contributed by atoms with E-state index in [1.54, 1.807) is 12.1 Å². The average molecular weight is 505 g/mol. The van der Waals surface area contributed by atoms with E-state index in [-0.39, 0.29) is 22.3 Å². The predicted octanol–water partition coefficient (Wildman–Crippen LogP) is 6.98. The van der Waals surface area contributed by atoms with Gasteiger partial charge in [-0.05, 0) is 128 Å². The molecule has 6 heteroatoms. The molecule has 0 heterocycles. The normalized spacial score (nSPS) is 26.9. The second kappa shape index (κ2) is 9.14. The Morgan fingerprint density at radius 1 is 0.917 bits per heavy atom. The highest BCUT2D eigenvalue weighted by molar-refractivity contribution is 6.49. The van der Waals surface area contributed by atoms with Crippen LogP contribution in [0.3, 0.4) is 0 Å². The van der Waals surface area contributed by atoms with Crippen LogP contribution in [0.25, 0.3) is 0 Å². The number of aromatic carboxylic acids is 1. The third kappa shape index (κ3) is 4.66. The van der Waals surface area contributed by atoms with E-state index in [2.05, 4.69) is 32.9 Å². The summed E-state index contributed by atoms with van der Waals surface area (Å²) >= 11 is 0. The van der Waals surface area contributed by atoms with Gasteiger partial charge in [0, 0.05) is 5.56 Å². The molecule has 5 nitrogen and oxygen atoms in total. The van der Waals surface area contributed by atoms with E-state index < -0.39 is 15.0 Å². The number of rotatable bonds is 6. The second-order valence-corrected chi connectivity index (χ2v) is 14.7. The lowest BCUT2D eigenvalue weighted by Gasteiger charge is -2.58. The van der Waals surface area contributed by atoms with Crippen LogP contribution in [-0.4, -0.2) is 26.0 Å². The van der Waals surface area contributed by atoms with Crippen molar-refractivity contribution < 1.29 is 19.2 Å². The maximum atomic E-state index is 13.9. The zero-order valence-electron chi connectivity index (χ0n) is 22.1. The van der Waals surface area contributed by atoms with Gasteiger partial charge in [-0.2, -0.15) is 5.06 Å². The molecule has 0 atom stereocenters. The third-order valence-electron chi connectivity index (χ3n) is 8.49. The monoisotopic (exact) mass is 504 g/mol. The van der Waals surface area contributed by atoms with Gasteiger partial charge < -0.3 is 9.63 Å². The number of nitrogens with zero attached hydrogens (tertiary/aromatic N) is 1. The van der Waals surface area contributed by atoms with E-state index in [1.807, 2.05) is 19.2 Å². The zero-order valence-corrected chi connectivity index (χ0v) is 23.1. The Kier molecular flexibility index (Phi) is 6.40. The summed E-state index contributed by atoms with van der Waals surface area (Å²) in [6, 6.07) is 12.6. The molecular weight excluding hydrogens is 466 g/mol. The molecule has 0 saturated heterocycles. The zero-order chi connectivity index (χ0) is 25.8. The number of benzene rings is 2. The predicted molar refractivity (Wildman–Crippen MR) is 144 cm³/mol. The quantitative estimate of drug-likeness (QED) is 0.340. The van der Waals surface area contributed by atoms with Crippen LogP contribution < -0.4 is 5.06 Å². The van der Waals surface area contributed by atoms with E-state index >= 15 is 0 Å². The van der Waals surface area contributed by atoms with Crippen LogP contribution in [-0.2, 0) is 15.4 Å². The van der Waals surface area contributed by atoms with Gasteiger partial charge in [-0.25, -0.2) is 4.79 Å². The first-order chi connectivity index (χ1) is 16.9. The highest BCUT2D eigenvalue weighted by atomic mass is 28.3. The summed E-state index contributed by atoms with van der Waals surface area (Å²) in [4.78, 5) is 25.3. The fourth-order valence-electron chi connectivity index (χ4n) is 7.46. The number of carbonyl (C=O) groups is 2. The van der Waals surface area contributed by atoms with Crippen LogP contribution in [0.2, 0.25) is 13.1 Å². The maximum absolute atomic E-state index is 13.9. The molecule has 4 fully saturated rings. The van der Waals surface area contributed by atoms with Crippen molar-refractivity contribution in [3.05, 3.63) is 64.7 Å². The molecule has 6 rings (SSSR count). The van der Waals surface area contributed by atoms with E-state index in [9.17, 15) is 14.7 Å². The SMILES string of the molecule is C[Si](C)ON(C(=O)c1ccc(C(C)(C)C)c(C23CC4CC(CC(C4)C2)C3)c1)c1ccc(C(=O)O)cc1. The first-order valence-electron chi connectivity index (χ1n) is 13.3. The Hall–Kier alpha value is -2.44. The molecule has 0 unspecified atom stereocenters. The first-order valence-corrected chi connectivity index (χ1v) is 15.7. The minimum atomic E-state index is -1.25. The molecule has 1 radical (unpaired) electrons. The van der Waals surface area contributed by atoms with Gasteiger partial charge in [-0.15, -0.1) is 0 Å². The van der Waals surface area contributed by atoms with Gasteiger partial charge in [0.25, 0.3) is 5.91 Å². The Balaban J connectivity index is 1.56. The molecule has 2 aromatic carbocycles.